The number of carbonyl (C=O) groups is 2. The first kappa shape index (κ1) is 35.4. The molecular weight excluding hydrogens is 610 g/mol. The third-order valence-corrected chi connectivity index (χ3v) is 11.5. The summed E-state index contributed by atoms with van der Waals surface area (Å²) in [6, 6.07) is 13.1. The zero-order valence-corrected chi connectivity index (χ0v) is 29.9. The van der Waals surface area contributed by atoms with Crippen LogP contribution in [0.1, 0.15) is 50.2 Å². The van der Waals surface area contributed by atoms with Crippen LogP contribution in [0.25, 0.3) is 0 Å². The number of thiophene rings is 1. The van der Waals surface area contributed by atoms with Crippen molar-refractivity contribution in [3.8, 4) is 5.75 Å². The van der Waals surface area contributed by atoms with Gasteiger partial charge in [-0.3, -0.25) is 9.69 Å². The van der Waals surface area contributed by atoms with E-state index in [1.807, 2.05) is 43.5 Å². The van der Waals surface area contributed by atoms with Gasteiger partial charge in [-0.1, -0.05) is 43.9 Å². The van der Waals surface area contributed by atoms with Gasteiger partial charge in [0, 0.05) is 58.6 Å². The van der Waals surface area contributed by atoms with E-state index in [0.29, 0.717) is 52.0 Å². The molecule has 2 aromatic rings. The number of carbonyl (C=O) groups excluding carboxylic acids is 2. The predicted molar refractivity (Wildman–Crippen MR) is 181 cm³/mol. The average Bonchev–Trinajstić information content (AvgIpc) is 3.52. The molecule has 0 bridgehead atoms. The lowest BCUT2D eigenvalue weighted by atomic mass is 9.86. The van der Waals surface area contributed by atoms with E-state index in [2.05, 4.69) is 36.7 Å². The molecule has 4 atom stereocenters. The van der Waals surface area contributed by atoms with Gasteiger partial charge in [0.1, 0.15) is 29.7 Å². The molecule has 250 valence electrons. The summed E-state index contributed by atoms with van der Waals surface area (Å²) >= 11 is 1.64. The van der Waals surface area contributed by atoms with Crippen molar-refractivity contribution in [1.82, 2.24) is 14.7 Å². The summed E-state index contributed by atoms with van der Waals surface area (Å²) in [5, 5.41) is 2.04. The Balaban J connectivity index is 1.34. The van der Waals surface area contributed by atoms with Gasteiger partial charge >= 0.3 is 6.09 Å². The number of hydrogen-bond acceptors (Lipinski definition) is 7. The summed E-state index contributed by atoms with van der Waals surface area (Å²) in [6.45, 7) is 15.4. The zero-order valence-electron chi connectivity index (χ0n) is 28.1. The monoisotopic (exact) mass is 661 g/mol. The topological polar surface area (TPSA) is 71.6 Å². The zero-order chi connectivity index (χ0) is 32.8. The maximum Gasteiger partial charge on any atom is 0.409 e. The number of piperidine rings is 1. The molecule has 0 saturated carbocycles. The summed E-state index contributed by atoms with van der Waals surface area (Å²) in [7, 11) is 0.495. The van der Waals surface area contributed by atoms with Crippen molar-refractivity contribution in [2.75, 3.05) is 46.4 Å². The largest absolute Gasteiger partial charge is 0.485 e. The predicted octanol–water partition coefficient (Wildman–Crippen LogP) is 6.65. The highest BCUT2D eigenvalue weighted by Gasteiger charge is 2.52. The van der Waals surface area contributed by atoms with Crippen molar-refractivity contribution in [3.05, 3.63) is 52.2 Å². The molecule has 4 rings (SSSR count). The summed E-state index contributed by atoms with van der Waals surface area (Å²) in [5.41, 5.74) is 0.115. The number of ether oxygens (including phenoxy) is 3. The van der Waals surface area contributed by atoms with Crippen LogP contribution in [0.15, 0.2) is 41.8 Å². The highest BCUT2D eigenvalue weighted by molar-refractivity contribution is 7.10. The van der Waals surface area contributed by atoms with Gasteiger partial charge in [-0.25, -0.2) is 9.18 Å². The van der Waals surface area contributed by atoms with Crippen molar-refractivity contribution in [1.29, 1.82) is 0 Å². The lowest BCUT2D eigenvalue weighted by Crippen LogP contribution is -2.67. The van der Waals surface area contributed by atoms with Crippen LogP contribution < -0.4 is 4.74 Å². The molecule has 0 radical (unpaired) electrons. The first-order valence-corrected chi connectivity index (χ1v) is 20.9. The molecule has 2 saturated heterocycles. The maximum atomic E-state index is 15.8. The second-order valence-electron chi connectivity index (χ2n) is 14.0. The standard InChI is InChI=1S/C34H52FN3O5SSi/c1-25(2)38-24-34(43-26(3)32(38)39)16-19-37(23-31(34)35)18-14-27-11-8-9-12-28(27)42-29(30-13-10-21-44-30)15-17-36(4)33(40)41-20-22-45(5,6)7/h8-13,21,25-26,29,31H,14-20,22-24H2,1-7H3/t26-,29-,31+,34-/m1/s1. The molecule has 11 heteroatoms. The summed E-state index contributed by atoms with van der Waals surface area (Å²) < 4.78 is 34.1. The third-order valence-electron chi connectivity index (χ3n) is 8.86. The number of hydrogen-bond donors (Lipinski definition) is 0. The Hall–Kier alpha value is -2.47. The van der Waals surface area contributed by atoms with Gasteiger partial charge in [0.15, 0.2) is 0 Å². The Bertz CT molecular complexity index is 1260. The van der Waals surface area contributed by atoms with Crippen molar-refractivity contribution < 1.29 is 28.2 Å². The number of amides is 2. The smallest absolute Gasteiger partial charge is 0.409 e. The number of halogens is 1. The van der Waals surface area contributed by atoms with Crippen molar-refractivity contribution in [3.63, 3.8) is 0 Å². The normalized spacial score (nSPS) is 23.4. The van der Waals surface area contributed by atoms with Crippen LogP contribution in [-0.4, -0.2) is 105 Å². The Kier molecular flexibility index (Phi) is 12.1. The number of para-hydroxylation sites is 1. The molecule has 2 aliphatic rings. The quantitative estimate of drug-likeness (QED) is 0.224. The fourth-order valence-electron chi connectivity index (χ4n) is 5.93. The second kappa shape index (κ2) is 15.4. The van der Waals surface area contributed by atoms with E-state index in [1.54, 1.807) is 35.1 Å². The van der Waals surface area contributed by atoms with Gasteiger partial charge in [-0.15, -0.1) is 11.3 Å². The molecule has 0 N–H and O–H groups in total. The maximum absolute atomic E-state index is 15.8. The third kappa shape index (κ3) is 9.53. The van der Waals surface area contributed by atoms with Crippen LogP contribution >= 0.6 is 11.3 Å². The highest BCUT2D eigenvalue weighted by Crippen LogP contribution is 2.36. The van der Waals surface area contributed by atoms with E-state index in [0.717, 1.165) is 22.2 Å². The van der Waals surface area contributed by atoms with Crippen molar-refractivity contribution >= 4 is 31.4 Å². The minimum atomic E-state index is -1.28. The van der Waals surface area contributed by atoms with Gasteiger partial charge in [0.25, 0.3) is 5.91 Å². The lowest BCUT2D eigenvalue weighted by Gasteiger charge is -2.51. The number of rotatable bonds is 13. The minimum Gasteiger partial charge on any atom is -0.485 e. The molecule has 1 aromatic heterocycles. The van der Waals surface area contributed by atoms with Crippen LogP contribution in [-0.2, 0) is 20.7 Å². The fourth-order valence-corrected chi connectivity index (χ4v) is 7.43. The SMILES string of the molecule is CC(C)N1C[C@@]2(CCN(CCc3ccccc3O[C@H](CCN(C)C(=O)OCC[Si](C)(C)C)c3cccs3)C[C@@H]2F)O[C@H](C)C1=O. The lowest BCUT2D eigenvalue weighted by molar-refractivity contribution is -0.209. The number of morpholine rings is 1. The summed E-state index contributed by atoms with van der Waals surface area (Å²) in [6.07, 6.45) is -0.453. The summed E-state index contributed by atoms with van der Waals surface area (Å²) in [5.74, 6) is 0.740. The van der Waals surface area contributed by atoms with Crippen LogP contribution in [0.5, 0.6) is 5.75 Å². The van der Waals surface area contributed by atoms with Gasteiger partial charge < -0.3 is 24.0 Å². The van der Waals surface area contributed by atoms with Gasteiger partial charge in [0.2, 0.25) is 0 Å². The molecule has 1 aromatic carbocycles. The average molecular weight is 662 g/mol. The Labute approximate surface area is 273 Å². The first-order chi connectivity index (χ1) is 21.3. The number of nitrogens with zero attached hydrogens (tertiary/aromatic N) is 3. The molecule has 3 heterocycles. The van der Waals surface area contributed by atoms with E-state index < -0.39 is 26.0 Å². The minimum absolute atomic E-state index is 0.00877. The van der Waals surface area contributed by atoms with Gasteiger partial charge in [-0.05, 0) is 62.7 Å². The number of alkyl halides is 1. The molecule has 2 fully saturated rings. The first-order valence-electron chi connectivity index (χ1n) is 16.3. The highest BCUT2D eigenvalue weighted by atomic mass is 32.1. The Morgan fingerprint density at radius 2 is 1.98 bits per heavy atom. The molecule has 45 heavy (non-hydrogen) atoms. The van der Waals surface area contributed by atoms with E-state index in [4.69, 9.17) is 14.2 Å². The number of benzene rings is 1. The second-order valence-corrected chi connectivity index (χ2v) is 20.6. The van der Waals surface area contributed by atoms with Crippen LogP contribution in [0.2, 0.25) is 25.7 Å². The Morgan fingerprint density at radius 1 is 1.22 bits per heavy atom. The van der Waals surface area contributed by atoms with Crippen molar-refractivity contribution in [2.24, 2.45) is 0 Å². The molecular formula is C34H52FN3O5SSi. The Morgan fingerprint density at radius 3 is 2.64 bits per heavy atom. The fraction of sp³-hybridized carbons (Fsp3) is 0.647. The van der Waals surface area contributed by atoms with Gasteiger partial charge in [-0.2, -0.15) is 0 Å². The van der Waals surface area contributed by atoms with Crippen LogP contribution in [0.4, 0.5) is 9.18 Å². The summed E-state index contributed by atoms with van der Waals surface area (Å²) in [4.78, 5) is 31.9. The van der Waals surface area contributed by atoms with E-state index >= 15 is 4.39 Å². The van der Waals surface area contributed by atoms with E-state index in [-0.39, 0.29) is 30.7 Å². The number of likely N-dealkylation sites (tertiary alicyclic amines) is 1. The molecule has 0 aliphatic carbocycles. The van der Waals surface area contributed by atoms with Crippen LogP contribution in [0.3, 0.4) is 0 Å². The molecule has 8 nitrogen and oxygen atoms in total. The molecule has 2 aliphatic heterocycles. The van der Waals surface area contributed by atoms with Crippen LogP contribution in [0, 0.1) is 0 Å². The van der Waals surface area contributed by atoms with E-state index in [1.165, 1.54) is 0 Å². The van der Waals surface area contributed by atoms with Crippen molar-refractivity contribution in [2.45, 2.75) is 95.7 Å². The van der Waals surface area contributed by atoms with Gasteiger partial charge in [0.05, 0.1) is 13.2 Å². The van der Waals surface area contributed by atoms with E-state index in [9.17, 15) is 9.59 Å². The molecule has 2 amide bonds. The molecule has 0 unspecified atom stereocenters. The molecule has 1 spiro atoms.